The van der Waals surface area contributed by atoms with Crippen LogP contribution in [-0.4, -0.2) is 33.4 Å². The van der Waals surface area contributed by atoms with Crippen LogP contribution >= 0.6 is 11.3 Å². The van der Waals surface area contributed by atoms with E-state index in [9.17, 15) is 24.0 Å². The highest BCUT2D eigenvalue weighted by molar-refractivity contribution is 7.16. The second-order valence-corrected chi connectivity index (χ2v) is 10.9. The number of nitrogens with one attached hydrogen (secondary N) is 1. The normalized spacial score (nSPS) is 11.3. The number of ether oxygens (including phenoxy) is 1. The summed E-state index contributed by atoms with van der Waals surface area (Å²) in [4.78, 5) is 64.7. The molecule has 1 amide bonds. The van der Waals surface area contributed by atoms with Crippen LogP contribution in [0.3, 0.4) is 0 Å². The first-order valence-corrected chi connectivity index (χ1v) is 12.3. The molecule has 0 unspecified atom stereocenters. The highest BCUT2D eigenvalue weighted by Gasteiger charge is 2.28. The molecule has 0 aliphatic heterocycles. The largest absolute Gasteiger partial charge is 0.454 e. The van der Waals surface area contributed by atoms with E-state index in [-0.39, 0.29) is 23.8 Å². The zero-order valence-corrected chi connectivity index (χ0v) is 22.4. The molecule has 0 saturated carbocycles. The first kappa shape index (κ1) is 27.6. The molecule has 10 nitrogen and oxygen atoms in total. The van der Waals surface area contributed by atoms with Gasteiger partial charge in [-0.15, -0.1) is 11.3 Å². The highest BCUT2D eigenvalue weighted by Crippen LogP contribution is 2.34. The predicted octanol–water partition coefficient (Wildman–Crippen LogP) is 2.88. The quantitative estimate of drug-likeness (QED) is 0.356. The number of nitrogens with two attached hydrogens (primary N) is 1. The van der Waals surface area contributed by atoms with Crippen molar-refractivity contribution >= 4 is 39.8 Å². The van der Waals surface area contributed by atoms with Crippen LogP contribution in [0.15, 0.2) is 39.9 Å². The van der Waals surface area contributed by atoms with Gasteiger partial charge in [-0.1, -0.05) is 51.1 Å². The molecule has 3 N–H and O–H groups in total. The lowest BCUT2D eigenvalue weighted by atomic mass is 9.96. The second kappa shape index (κ2) is 10.6. The van der Waals surface area contributed by atoms with Crippen molar-refractivity contribution in [2.24, 2.45) is 12.5 Å². The lowest BCUT2D eigenvalue weighted by molar-refractivity contribution is -0.123. The maximum Gasteiger partial charge on any atom is 0.341 e. The molecule has 0 aliphatic rings. The van der Waals surface area contributed by atoms with Crippen LogP contribution in [0, 0.1) is 19.3 Å². The van der Waals surface area contributed by atoms with E-state index in [4.69, 9.17) is 10.5 Å². The molecule has 0 radical (unpaired) electrons. The number of carbonyl (C=O) groups is 3. The predicted molar refractivity (Wildman–Crippen MR) is 142 cm³/mol. The lowest BCUT2D eigenvalue weighted by Crippen LogP contribution is -2.43. The third-order valence-corrected chi connectivity index (χ3v) is 7.00. The van der Waals surface area contributed by atoms with Crippen LogP contribution in [-0.2, 0) is 23.1 Å². The van der Waals surface area contributed by atoms with Gasteiger partial charge in [-0.25, -0.2) is 9.59 Å². The van der Waals surface area contributed by atoms with Gasteiger partial charge in [-0.3, -0.25) is 23.5 Å². The number of carbonyl (C=O) groups excluding carboxylic acids is 3. The summed E-state index contributed by atoms with van der Waals surface area (Å²) in [5.74, 6) is -2.26. The van der Waals surface area contributed by atoms with Crippen molar-refractivity contribution in [1.29, 1.82) is 0 Å². The Balaban J connectivity index is 1.88. The van der Waals surface area contributed by atoms with Crippen LogP contribution in [0.5, 0.6) is 0 Å². The van der Waals surface area contributed by atoms with Crippen molar-refractivity contribution < 1.29 is 19.1 Å². The summed E-state index contributed by atoms with van der Waals surface area (Å²) in [6.45, 7) is 8.02. The molecular formula is C26H30N4O6S. The molecule has 0 spiro atoms. The molecule has 1 aromatic carbocycles. The van der Waals surface area contributed by atoms with Crippen LogP contribution in [0.2, 0.25) is 0 Å². The number of benzene rings is 1. The lowest BCUT2D eigenvalue weighted by Gasteiger charge is -2.17. The summed E-state index contributed by atoms with van der Waals surface area (Å²) in [6, 6.07) is 8.95. The van der Waals surface area contributed by atoms with Crippen LogP contribution in [0.4, 0.5) is 10.8 Å². The third-order valence-electron chi connectivity index (χ3n) is 5.88. The van der Waals surface area contributed by atoms with Gasteiger partial charge in [0.1, 0.15) is 16.4 Å². The number of ketones is 1. The van der Waals surface area contributed by atoms with Gasteiger partial charge in [0, 0.05) is 17.3 Å². The molecule has 2 heterocycles. The van der Waals surface area contributed by atoms with Gasteiger partial charge in [0.15, 0.2) is 6.61 Å². The Morgan fingerprint density at radius 1 is 1.05 bits per heavy atom. The van der Waals surface area contributed by atoms with Crippen molar-refractivity contribution in [2.75, 3.05) is 17.7 Å². The minimum Gasteiger partial charge on any atom is -0.454 e. The third kappa shape index (κ3) is 5.72. The molecule has 3 aromatic rings. The van der Waals surface area contributed by atoms with Crippen LogP contribution in [0.25, 0.3) is 0 Å². The monoisotopic (exact) mass is 526 g/mol. The Labute approximate surface area is 217 Å². The number of rotatable bonds is 7. The Hall–Kier alpha value is -3.99. The fourth-order valence-electron chi connectivity index (χ4n) is 3.49. The zero-order chi connectivity index (χ0) is 27.7. The summed E-state index contributed by atoms with van der Waals surface area (Å²) < 4.78 is 7.18. The van der Waals surface area contributed by atoms with E-state index in [1.54, 1.807) is 58.9 Å². The number of anilines is 2. The van der Waals surface area contributed by atoms with Crippen molar-refractivity contribution in [2.45, 2.75) is 41.2 Å². The van der Waals surface area contributed by atoms with Gasteiger partial charge >= 0.3 is 11.7 Å². The molecule has 2 aromatic heterocycles. The van der Waals surface area contributed by atoms with Crippen molar-refractivity contribution in [3.63, 3.8) is 0 Å². The Morgan fingerprint density at radius 3 is 2.27 bits per heavy atom. The van der Waals surface area contributed by atoms with E-state index >= 15 is 0 Å². The number of thiophene rings is 1. The summed E-state index contributed by atoms with van der Waals surface area (Å²) in [6.07, 6.45) is 0. The van der Waals surface area contributed by atoms with E-state index in [0.717, 1.165) is 19.6 Å². The number of aryl methyl sites for hydroxylation is 1. The molecule has 11 heteroatoms. The molecule has 37 heavy (non-hydrogen) atoms. The first-order chi connectivity index (χ1) is 17.2. The SMILES string of the molecule is Cc1sc(NC(=O)C(C)(C)C)c(C(=O)OCC(=O)c2c(N)n(Cc3ccccc3)c(=O)n(C)c2=O)c1C. The average molecular weight is 527 g/mol. The van der Waals surface area contributed by atoms with Crippen molar-refractivity contribution in [3.05, 3.63) is 78.3 Å². The molecule has 0 aliphatic carbocycles. The summed E-state index contributed by atoms with van der Waals surface area (Å²) in [5, 5.41) is 3.08. The topological polar surface area (TPSA) is 142 Å². The van der Waals surface area contributed by atoms with Crippen molar-refractivity contribution in [3.8, 4) is 0 Å². The number of amides is 1. The smallest absolute Gasteiger partial charge is 0.341 e. The highest BCUT2D eigenvalue weighted by atomic mass is 32.1. The van der Waals surface area contributed by atoms with Crippen LogP contribution < -0.4 is 22.3 Å². The van der Waals surface area contributed by atoms with E-state index in [1.807, 2.05) is 6.07 Å². The Bertz CT molecular complexity index is 1490. The van der Waals surface area contributed by atoms with E-state index in [0.29, 0.717) is 10.6 Å². The standard InChI is InChI=1S/C26H30N4O6S/c1-14-15(2)37-21(28-24(34)26(3,4)5)18(14)23(33)36-13-17(31)19-20(27)30(25(35)29(6)22(19)32)12-16-10-8-7-9-11-16/h7-11H,12-13,27H2,1-6H3,(H,28,34). The van der Waals surface area contributed by atoms with E-state index in [1.165, 1.54) is 18.4 Å². The average Bonchev–Trinajstić information content (AvgIpc) is 3.11. The Morgan fingerprint density at radius 2 is 1.68 bits per heavy atom. The number of hydrogen-bond acceptors (Lipinski definition) is 8. The van der Waals surface area contributed by atoms with E-state index < -0.39 is 40.6 Å². The number of Topliss-reactive ketones (excluding diaryl/α,β-unsaturated/α-hetero) is 1. The summed E-state index contributed by atoms with van der Waals surface area (Å²) >= 11 is 1.23. The van der Waals surface area contributed by atoms with Gasteiger partial charge in [0.2, 0.25) is 11.7 Å². The van der Waals surface area contributed by atoms with Gasteiger partial charge in [0.05, 0.1) is 12.1 Å². The zero-order valence-electron chi connectivity index (χ0n) is 21.6. The Kier molecular flexibility index (Phi) is 7.87. The van der Waals surface area contributed by atoms with Crippen LogP contribution in [0.1, 0.15) is 57.5 Å². The maximum absolute atomic E-state index is 13.0. The first-order valence-electron chi connectivity index (χ1n) is 11.5. The number of hydrogen-bond donors (Lipinski definition) is 2. The van der Waals surface area contributed by atoms with Gasteiger partial charge in [-0.2, -0.15) is 0 Å². The summed E-state index contributed by atoms with van der Waals surface area (Å²) in [5.41, 5.74) is 4.92. The van der Waals surface area contributed by atoms with Gasteiger partial charge in [0.25, 0.3) is 5.56 Å². The number of nitrogen functional groups attached to an aromatic ring is 1. The second-order valence-electron chi connectivity index (χ2n) is 9.67. The molecule has 0 atom stereocenters. The minimum atomic E-state index is -0.881. The van der Waals surface area contributed by atoms with Crippen molar-refractivity contribution in [1.82, 2.24) is 9.13 Å². The molecular weight excluding hydrogens is 496 g/mol. The van der Waals surface area contributed by atoms with E-state index in [2.05, 4.69) is 5.32 Å². The molecule has 196 valence electrons. The number of aromatic nitrogens is 2. The molecule has 3 rings (SSSR count). The molecule has 0 saturated heterocycles. The minimum absolute atomic E-state index is 0.0455. The van der Waals surface area contributed by atoms with Gasteiger partial charge < -0.3 is 15.8 Å². The molecule has 0 fully saturated rings. The van der Waals surface area contributed by atoms with Gasteiger partial charge in [-0.05, 0) is 25.0 Å². The maximum atomic E-state index is 13.0. The summed E-state index contributed by atoms with van der Waals surface area (Å²) in [7, 11) is 1.25. The molecule has 0 bridgehead atoms. The number of esters is 1. The fraction of sp³-hybridized carbons (Fsp3) is 0.346. The number of nitrogens with zero attached hydrogens (tertiary/aromatic N) is 2. The fourth-order valence-corrected chi connectivity index (χ4v) is 4.53.